The summed E-state index contributed by atoms with van der Waals surface area (Å²) >= 11 is 0. The van der Waals surface area contributed by atoms with E-state index in [1.165, 1.54) is 18.5 Å². The highest BCUT2D eigenvalue weighted by molar-refractivity contribution is 5.97. The Kier molecular flexibility index (Phi) is 10.7. The van der Waals surface area contributed by atoms with Gasteiger partial charge in [-0.2, -0.15) is 0 Å². The molecule has 1 atom stereocenters. The number of ether oxygens (including phenoxy) is 2. The van der Waals surface area contributed by atoms with E-state index in [0.717, 1.165) is 0 Å². The molecule has 0 aliphatic heterocycles. The van der Waals surface area contributed by atoms with Crippen molar-refractivity contribution in [3.63, 3.8) is 0 Å². The maximum Gasteiger partial charge on any atom is 0.341 e. The van der Waals surface area contributed by atoms with Gasteiger partial charge in [0.25, 0.3) is 5.91 Å². The highest BCUT2D eigenvalue weighted by Crippen LogP contribution is 2.27. The lowest BCUT2D eigenvalue weighted by molar-refractivity contribution is -0.145. The van der Waals surface area contributed by atoms with Crippen LogP contribution >= 0.6 is 0 Å². The monoisotopic (exact) mass is 485 g/mol. The van der Waals surface area contributed by atoms with E-state index in [-0.39, 0.29) is 25.4 Å². The predicted molar refractivity (Wildman–Crippen MR) is 126 cm³/mol. The third-order valence-electron chi connectivity index (χ3n) is 4.53. The molecule has 0 fully saturated rings. The number of carbonyl (C=O) groups excluding carboxylic acids is 3. The molecule has 2 amide bonds. The molecule has 0 saturated heterocycles. The van der Waals surface area contributed by atoms with E-state index in [0.29, 0.717) is 16.8 Å². The van der Waals surface area contributed by atoms with Crippen molar-refractivity contribution in [1.29, 1.82) is 0 Å². The van der Waals surface area contributed by atoms with Crippen LogP contribution in [0.3, 0.4) is 0 Å². The topological polar surface area (TPSA) is 181 Å². The van der Waals surface area contributed by atoms with Crippen molar-refractivity contribution in [2.75, 3.05) is 26.3 Å². The van der Waals surface area contributed by atoms with Crippen LogP contribution in [0.1, 0.15) is 28.8 Å². The second-order valence-corrected chi connectivity index (χ2v) is 6.99. The van der Waals surface area contributed by atoms with Crippen LogP contribution in [0.5, 0.6) is 5.75 Å². The maximum atomic E-state index is 12.6. The number of nitrogens with one attached hydrogen (secondary N) is 3. The van der Waals surface area contributed by atoms with Crippen molar-refractivity contribution in [3.05, 3.63) is 59.7 Å². The van der Waals surface area contributed by atoms with Crippen molar-refractivity contribution >= 4 is 35.8 Å². The molecule has 12 nitrogen and oxygen atoms in total. The number of hydrogen-bond acceptors (Lipinski definition) is 8. The Balaban J connectivity index is 2.02. The van der Waals surface area contributed by atoms with Crippen LogP contribution in [-0.2, 0) is 19.1 Å². The number of aliphatic carboxylic acids is 1. The SMILES string of the molecule is CCOC(=O)C(CNC(=O)CNC(=O)c1cccc(N=CNN)c1)c1ccccc1OCC(=O)O. The minimum absolute atomic E-state index is 0.113. The van der Waals surface area contributed by atoms with Gasteiger partial charge in [-0.3, -0.25) is 14.4 Å². The molecule has 2 rings (SSSR count). The fourth-order valence-corrected chi connectivity index (χ4v) is 2.98. The molecule has 35 heavy (non-hydrogen) atoms. The van der Waals surface area contributed by atoms with Crippen LogP contribution < -0.4 is 26.6 Å². The first kappa shape index (κ1) is 26.8. The maximum absolute atomic E-state index is 12.6. The van der Waals surface area contributed by atoms with Gasteiger partial charge in [-0.1, -0.05) is 24.3 Å². The number of esters is 1. The summed E-state index contributed by atoms with van der Waals surface area (Å²) in [4.78, 5) is 52.2. The molecule has 0 saturated carbocycles. The molecule has 0 spiro atoms. The van der Waals surface area contributed by atoms with Gasteiger partial charge < -0.3 is 30.6 Å². The summed E-state index contributed by atoms with van der Waals surface area (Å²) in [5.41, 5.74) is 3.40. The molecule has 186 valence electrons. The lowest BCUT2D eigenvalue weighted by Gasteiger charge is -2.19. The molecule has 0 bridgehead atoms. The molecule has 12 heteroatoms. The van der Waals surface area contributed by atoms with Crippen molar-refractivity contribution in [3.8, 4) is 5.75 Å². The predicted octanol–water partition coefficient (Wildman–Crippen LogP) is 0.466. The van der Waals surface area contributed by atoms with Gasteiger partial charge in [-0.15, -0.1) is 0 Å². The summed E-state index contributed by atoms with van der Waals surface area (Å²) in [7, 11) is 0. The number of carboxylic acids is 1. The standard InChI is InChI=1S/C23H27N5O7/c1-2-34-23(33)18(17-8-3-4-9-19(17)35-13-21(30)31)11-25-20(29)12-26-22(32)15-6-5-7-16(10-15)27-14-28-24/h3-10,14,18H,2,11-13,24H2,1H3,(H,25,29)(H,26,32)(H,27,28)(H,30,31). The minimum Gasteiger partial charge on any atom is -0.482 e. The van der Waals surface area contributed by atoms with E-state index < -0.39 is 36.3 Å². The van der Waals surface area contributed by atoms with E-state index >= 15 is 0 Å². The zero-order valence-corrected chi connectivity index (χ0v) is 19.0. The van der Waals surface area contributed by atoms with Gasteiger partial charge in [0.1, 0.15) is 18.0 Å². The van der Waals surface area contributed by atoms with Crippen LogP contribution in [0, 0.1) is 0 Å². The highest BCUT2D eigenvalue weighted by atomic mass is 16.5. The van der Waals surface area contributed by atoms with Crippen LogP contribution in [0.4, 0.5) is 5.69 Å². The van der Waals surface area contributed by atoms with Crippen molar-refractivity contribution in [1.82, 2.24) is 16.1 Å². The molecule has 1 unspecified atom stereocenters. The van der Waals surface area contributed by atoms with E-state index in [9.17, 15) is 19.2 Å². The quantitative estimate of drug-likeness (QED) is 0.0885. The zero-order valence-electron chi connectivity index (χ0n) is 19.0. The summed E-state index contributed by atoms with van der Waals surface area (Å²) in [5, 5.41) is 14.0. The number of amides is 2. The zero-order chi connectivity index (χ0) is 25.6. The smallest absolute Gasteiger partial charge is 0.341 e. The van der Waals surface area contributed by atoms with Crippen molar-refractivity contribution in [2.45, 2.75) is 12.8 Å². The summed E-state index contributed by atoms with van der Waals surface area (Å²) in [6.45, 7) is 0.658. The molecular weight excluding hydrogens is 458 g/mol. The normalized spacial score (nSPS) is 11.4. The lowest BCUT2D eigenvalue weighted by Crippen LogP contribution is -2.40. The highest BCUT2D eigenvalue weighted by Gasteiger charge is 2.26. The first-order chi connectivity index (χ1) is 16.8. The number of carboxylic acid groups (broad SMARTS) is 1. The number of rotatable bonds is 13. The number of carbonyl (C=O) groups is 4. The first-order valence-corrected chi connectivity index (χ1v) is 10.6. The van der Waals surface area contributed by atoms with Gasteiger partial charge in [0.2, 0.25) is 5.91 Å². The number of hydrogen-bond donors (Lipinski definition) is 5. The Bertz CT molecular complexity index is 1070. The third-order valence-corrected chi connectivity index (χ3v) is 4.53. The molecule has 0 heterocycles. The Morgan fingerprint density at radius 2 is 1.89 bits per heavy atom. The molecule has 0 aliphatic rings. The Morgan fingerprint density at radius 3 is 2.60 bits per heavy atom. The number of nitrogens with two attached hydrogens (primary N) is 1. The lowest BCUT2D eigenvalue weighted by atomic mass is 9.98. The number of para-hydroxylation sites is 1. The van der Waals surface area contributed by atoms with Crippen LogP contribution in [0.2, 0.25) is 0 Å². The van der Waals surface area contributed by atoms with E-state index in [1.807, 2.05) is 0 Å². The fraction of sp³-hybridized carbons (Fsp3) is 0.261. The largest absolute Gasteiger partial charge is 0.482 e. The number of aliphatic imine (C=N–C) groups is 1. The van der Waals surface area contributed by atoms with Gasteiger partial charge >= 0.3 is 11.9 Å². The number of nitrogens with zero attached hydrogens (tertiary/aromatic N) is 1. The molecule has 2 aromatic rings. The van der Waals surface area contributed by atoms with E-state index in [2.05, 4.69) is 21.1 Å². The molecule has 0 radical (unpaired) electrons. The minimum atomic E-state index is -1.18. The molecule has 0 aliphatic carbocycles. The third kappa shape index (κ3) is 8.78. The van der Waals surface area contributed by atoms with Gasteiger partial charge in [-0.25, -0.2) is 15.6 Å². The van der Waals surface area contributed by atoms with Gasteiger partial charge in [0.15, 0.2) is 6.61 Å². The average molecular weight is 485 g/mol. The fourth-order valence-electron chi connectivity index (χ4n) is 2.98. The van der Waals surface area contributed by atoms with Gasteiger partial charge in [0.05, 0.1) is 18.8 Å². The van der Waals surface area contributed by atoms with Crippen molar-refractivity contribution in [2.24, 2.45) is 10.8 Å². The second kappa shape index (κ2) is 14.0. The molecule has 6 N–H and O–H groups in total. The molecule has 0 aromatic heterocycles. The molecular formula is C23H27N5O7. The molecule has 2 aromatic carbocycles. The van der Waals surface area contributed by atoms with E-state index in [1.54, 1.807) is 43.3 Å². The number of benzene rings is 2. The van der Waals surface area contributed by atoms with Gasteiger partial charge in [0, 0.05) is 17.7 Å². The summed E-state index contributed by atoms with van der Waals surface area (Å²) in [6, 6.07) is 12.8. The number of hydrazine groups is 1. The summed E-state index contributed by atoms with van der Waals surface area (Å²) in [6.07, 6.45) is 1.26. The first-order valence-electron chi connectivity index (χ1n) is 10.6. The summed E-state index contributed by atoms with van der Waals surface area (Å²) < 4.78 is 10.4. The summed E-state index contributed by atoms with van der Waals surface area (Å²) in [5.74, 6) is 1.53. The Labute approximate surface area is 201 Å². The Morgan fingerprint density at radius 1 is 1.11 bits per heavy atom. The average Bonchev–Trinajstić information content (AvgIpc) is 2.85. The van der Waals surface area contributed by atoms with Crippen LogP contribution in [0.25, 0.3) is 0 Å². The van der Waals surface area contributed by atoms with Crippen LogP contribution in [0.15, 0.2) is 53.5 Å². The van der Waals surface area contributed by atoms with Crippen molar-refractivity contribution < 1.29 is 33.8 Å². The van der Waals surface area contributed by atoms with Crippen LogP contribution in [-0.4, -0.2) is 61.5 Å². The van der Waals surface area contributed by atoms with E-state index in [4.69, 9.17) is 20.4 Å². The Hall–Kier alpha value is -4.45. The second-order valence-electron chi connectivity index (χ2n) is 6.99. The van der Waals surface area contributed by atoms with Gasteiger partial charge in [-0.05, 0) is 31.2 Å².